The van der Waals surface area contributed by atoms with Gasteiger partial charge >= 0.3 is 18.0 Å². The van der Waals surface area contributed by atoms with Crippen molar-refractivity contribution in [2.75, 3.05) is 29.9 Å². The summed E-state index contributed by atoms with van der Waals surface area (Å²) >= 11 is 0. The number of urea groups is 1. The molecule has 1 unspecified atom stereocenters. The third-order valence-corrected chi connectivity index (χ3v) is 5.75. The number of imidazole rings is 1. The molecular formula is C21H17F4N7O4. The second-order valence-corrected chi connectivity index (χ2v) is 8.19. The van der Waals surface area contributed by atoms with Crippen molar-refractivity contribution in [3.63, 3.8) is 0 Å². The number of fused-ring (bicyclic) bond motifs is 1. The van der Waals surface area contributed by atoms with Gasteiger partial charge in [-0.1, -0.05) is 0 Å². The number of nitrogens with one attached hydrogen (secondary N) is 3. The summed E-state index contributed by atoms with van der Waals surface area (Å²) in [7, 11) is 0. The molecule has 3 N–H and O–H groups in total. The maximum atomic E-state index is 14.8. The maximum absolute atomic E-state index is 14.8. The van der Waals surface area contributed by atoms with Crippen LogP contribution in [-0.2, 0) is 9.53 Å². The highest BCUT2D eigenvalue weighted by atomic mass is 19.3. The molecule has 11 nitrogen and oxygen atoms in total. The van der Waals surface area contributed by atoms with Crippen LogP contribution < -0.4 is 20.9 Å². The topological polar surface area (TPSA) is 130 Å². The monoisotopic (exact) mass is 507 g/mol. The van der Waals surface area contributed by atoms with E-state index in [4.69, 9.17) is 4.74 Å². The number of imide groups is 1. The molecule has 2 atom stereocenters. The predicted molar refractivity (Wildman–Crippen MR) is 115 cm³/mol. The lowest BCUT2D eigenvalue weighted by Gasteiger charge is -2.24. The van der Waals surface area contributed by atoms with Gasteiger partial charge in [0, 0.05) is 25.0 Å². The Bertz CT molecular complexity index is 1380. The van der Waals surface area contributed by atoms with Gasteiger partial charge < -0.3 is 15.0 Å². The summed E-state index contributed by atoms with van der Waals surface area (Å²) in [5.74, 6) is -6.95. The maximum Gasteiger partial charge on any atom is 0.412 e. The zero-order chi connectivity index (χ0) is 25.6. The fraction of sp³-hybridized carbons (Fsp3) is 0.286. The van der Waals surface area contributed by atoms with Crippen molar-refractivity contribution in [1.29, 1.82) is 0 Å². The zero-order valence-electron chi connectivity index (χ0n) is 18.2. The highest BCUT2D eigenvalue weighted by molar-refractivity contribution is 6.00. The lowest BCUT2D eigenvalue weighted by Crippen LogP contribution is -2.51. The molecule has 4 heterocycles. The van der Waals surface area contributed by atoms with Crippen LogP contribution >= 0.6 is 0 Å². The van der Waals surface area contributed by atoms with E-state index in [2.05, 4.69) is 20.7 Å². The SMILES string of the molecule is O=C1NCC(c2cc(N3C[C@H](OC(=O)Nc4ccc(F)cc4F)C(F)(F)C3)c3nccn3n2)C(=O)N1. The first kappa shape index (κ1) is 23.3. The largest absolute Gasteiger partial charge is 0.438 e. The molecule has 0 spiro atoms. The number of carbonyl (C=O) groups excluding carboxylic acids is 3. The van der Waals surface area contributed by atoms with E-state index in [9.17, 15) is 31.9 Å². The first-order chi connectivity index (χ1) is 17.1. The molecule has 1 aromatic carbocycles. The molecule has 188 valence electrons. The van der Waals surface area contributed by atoms with E-state index in [-0.39, 0.29) is 23.6 Å². The van der Waals surface area contributed by atoms with E-state index in [1.807, 2.05) is 5.32 Å². The van der Waals surface area contributed by atoms with Gasteiger partial charge in [-0.2, -0.15) is 5.10 Å². The summed E-state index contributed by atoms with van der Waals surface area (Å²) in [5, 5.41) is 10.9. The van der Waals surface area contributed by atoms with E-state index in [1.165, 1.54) is 27.9 Å². The second-order valence-electron chi connectivity index (χ2n) is 8.19. The number of amides is 4. The number of halogens is 4. The Kier molecular flexibility index (Phi) is 5.61. The minimum Gasteiger partial charge on any atom is -0.438 e. The number of nitrogens with zero attached hydrogens (tertiary/aromatic N) is 4. The number of carbonyl (C=O) groups is 3. The summed E-state index contributed by atoms with van der Waals surface area (Å²) in [6, 6.07) is 3.10. The van der Waals surface area contributed by atoms with Crippen molar-refractivity contribution in [3.8, 4) is 0 Å². The van der Waals surface area contributed by atoms with Crippen LogP contribution in [0.5, 0.6) is 0 Å². The third-order valence-electron chi connectivity index (χ3n) is 5.75. The highest BCUT2D eigenvalue weighted by Gasteiger charge is 2.51. The van der Waals surface area contributed by atoms with Gasteiger partial charge in [-0.05, 0) is 18.2 Å². The van der Waals surface area contributed by atoms with E-state index >= 15 is 0 Å². The molecular weight excluding hydrogens is 490 g/mol. The molecule has 0 aliphatic carbocycles. The molecule has 0 radical (unpaired) electrons. The number of alkyl halides is 2. The lowest BCUT2D eigenvalue weighted by molar-refractivity contribution is -0.122. The molecule has 36 heavy (non-hydrogen) atoms. The standard InChI is InChI=1S/C21H17F4N7O4/c22-10-1-2-13(12(23)5-10)28-20(35)36-16-8-31(9-21(16,24)25)15-6-14(30-32-4-3-26-17(15)32)11-7-27-19(34)29-18(11)33/h1-6,11,16H,7-9H2,(H,28,35)(H2,27,29,33,34)/t11?,16-/m0/s1. The van der Waals surface area contributed by atoms with E-state index < -0.39 is 66.4 Å². The summed E-state index contributed by atoms with van der Waals surface area (Å²) in [4.78, 5) is 41.2. The van der Waals surface area contributed by atoms with Crippen LogP contribution in [0.15, 0.2) is 36.7 Å². The van der Waals surface area contributed by atoms with Crippen LogP contribution in [0, 0.1) is 11.6 Å². The highest BCUT2D eigenvalue weighted by Crippen LogP contribution is 2.36. The van der Waals surface area contributed by atoms with Gasteiger partial charge in [-0.15, -0.1) is 0 Å². The molecule has 2 saturated heterocycles. The van der Waals surface area contributed by atoms with Crippen molar-refractivity contribution in [3.05, 3.63) is 54.0 Å². The van der Waals surface area contributed by atoms with Gasteiger partial charge in [0.25, 0.3) is 0 Å². The van der Waals surface area contributed by atoms with Crippen molar-refractivity contribution in [2.45, 2.75) is 17.9 Å². The van der Waals surface area contributed by atoms with Crippen LogP contribution in [0.3, 0.4) is 0 Å². The molecule has 2 aliphatic heterocycles. The Morgan fingerprint density at radius 2 is 2.03 bits per heavy atom. The Labute approximate surface area is 199 Å². The van der Waals surface area contributed by atoms with E-state index in [0.717, 1.165) is 12.1 Å². The van der Waals surface area contributed by atoms with Crippen molar-refractivity contribution >= 4 is 35.1 Å². The minimum absolute atomic E-state index is 0.0423. The Morgan fingerprint density at radius 1 is 1.22 bits per heavy atom. The van der Waals surface area contributed by atoms with Crippen molar-refractivity contribution in [2.24, 2.45) is 0 Å². The summed E-state index contributed by atoms with van der Waals surface area (Å²) in [6.07, 6.45) is -0.396. The van der Waals surface area contributed by atoms with E-state index in [1.54, 1.807) is 0 Å². The van der Waals surface area contributed by atoms with Gasteiger partial charge in [0.1, 0.15) is 11.6 Å². The molecule has 0 saturated carbocycles. The molecule has 2 fully saturated rings. The van der Waals surface area contributed by atoms with Crippen LogP contribution in [0.2, 0.25) is 0 Å². The Hall–Kier alpha value is -4.43. The molecule has 0 bridgehead atoms. The zero-order valence-corrected chi connectivity index (χ0v) is 18.2. The number of hydrogen-bond acceptors (Lipinski definition) is 7. The smallest absolute Gasteiger partial charge is 0.412 e. The van der Waals surface area contributed by atoms with Gasteiger partial charge in [0.2, 0.25) is 5.91 Å². The molecule has 15 heteroatoms. The van der Waals surface area contributed by atoms with Crippen LogP contribution in [0.25, 0.3) is 5.65 Å². The minimum atomic E-state index is -3.50. The average Bonchev–Trinajstić information content (AvgIpc) is 3.39. The molecule has 4 amide bonds. The summed E-state index contributed by atoms with van der Waals surface area (Å²) in [6.45, 7) is -1.35. The lowest BCUT2D eigenvalue weighted by atomic mass is 10.0. The van der Waals surface area contributed by atoms with Gasteiger partial charge in [0.05, 0.1) is 36.1 Å². The number of anilines is 2. The number of aromatic nitrogens is 3. The van der Waals surface area contributed by atoms with Crippen molar-refractivity contribution in [1.82, 2.24) is 25.2 Å². The molecule has 3 aromatic rings. The molecule has 5 rings (SSSR count). The van der Waals surface area contributed by atoms with Crippen LogP contribution in [-0.4, -0.2) is 64.3 Å². The Morgan fingerprint density at radius 3 is 2.78 bits per heavy atom. The predicted octanol–water partition coefficient (Wildman–Crippen LogP) is 2.00. The fourth-order valence-electron chi connectivity index (χ4n) is 4.01. The number of benzene rings is 1. The quantitative estimate of drug-likeness (QED) is 0.461. The van der Waals surface area contributed by atoms with Crippen LogP contribution in [0.1, 0.15) is 11.6 Å². The molecule has 2 aromatic heterocycles. The number of hydrogen-bond donors (Lipinski definition) is 3. The van der Waals surface area contributed by atoms with Crippen molar-refractivity contribution < 1.29 is 36.7 Å². The molecule has 2 aliphatic rings. The van der Waals surface area contributed by atoms with E-state index in [0.29, 0.717) is 6.07 Å². The normalized spacial score (nSPS) is 21.3. The fourth-order valence-corrected chi connectivity index (χ4v) is 4.01. The Balaban J connectivity index is 1.38. The average molecular weight is 507 g/mol. The number of rotatable bonds is 4. The van der Waals surface area contributed by atoms with Crippen LogP contribution in [0.4, 0.5) is 38.5 Å². The third kappa shape index (κ3) is 4.34. The van der Waals surface area contributed by atoms with Gasteiger partial charge in [0.15, 0.2) is 11.8 Å². The summed E-state index contributed by atoms with van der Waals surface area (Å²) in [5.41, 5.74) is 0.180. The second kappa shape index (κ2) is 8.66. The first-order valence-corrected chi connectivity index (χ1v) is 10.6. The van der Waals surface area contributed by atoms with Gasteiger partial charge in [-0.25, -0.2) is 36.7 Å². The van der Waals surface area contributed by atoms with Gasteiger partial charge in [-0.3, -0.25) is 15.4 Å². The number of ether oxygens (including phenoxy) is 1. The summed E-state index contributed by atoms with van der Waals surface area (Å²) < 4.78 is 62.7. The first-order valence-electron chi connectivity index (χ1n) is 10.6.